The van der Waals surface area contributed by atoms with Crippen LogP contribution < -0.4 is 15.5 Å². The Kier molecular flexibility index (Phi) is 10.8. The number of benzene rings is 2. The molecule has 17 heteroatoms. The van der Waals surface area contributed by atoms with Crippen molar-refractivity contribution in [2.75, 3.05) is 36.0 Å². The summed E-state index contributed by atoms with van der Waals surface area (Å²) in [6, 6.07) is 13.4. The van der Waals surface area contributed by atoms with Crippen LogP contribution >= 0.6 is 0 Å². The summed E-state index contributed by atoms with van der Waals surface area (Å²) in [6.45, 7) is 12.8. The molecule has 0 bridgehead atoms. The molecular weight excluding hydrogens is 780 g/mol. The van der Waals surface area contributed by atoms with Gasteiger partial charge in [-0.1, -0.05) is 12.1 Å². The first-order chi connectivity index (χ1) is 28.2. The minimum absolute atomic E-state index is 0.0134. The summed E-state index contributed by atoms with van der Waals surface area (Å²) in [5, 5.41) is 0.607. The number of halogens is 3. The van der Waals surface area contributed by atoms with E-state index in [1.54, 1.807) is 65.9 Å². The zero-order chi connectivity index (χ0) is 43.3. The Bertz CT molecular complexity index is 2610. The lowest BCUT2D eigenvalue weighted by Gasteiger charge is -2.37. The third-order valence-corrected chi connectivity index (χ3v) is 9.84. The number of piperazine rings is 1. The molecular formula is C43H46F3N9O5. The molecule has 1 aliphatic rings. The number of anilines is 2. The monoisotopic (exact) mass is 825 g/mol. The number of fused-ring (bicyclic) bond motifs is 3. The summed E-state index contributed by atoms with van der Waals surface area (Å²) < 4.78 is 58.4. The molecule has 14 nitrogen and oxygen atoms in total. The van der Waals surface area contributed by atoms with E-state index in [1.165, 1.54) is 33.7 Å². The lowest BCUT2D eigenvalue weighted by molar-refractivity contribution is -0.137. The average Bonchev–Trinajstić information content (AvgIpc) is 3.44. The second-order valence-electron chi connectivity index (χ2n) is 16.7. The number of imidazole rings is 1. The van der Waals surface area contributed by atoms with Gasteiger partial charge in [-0.25, -0.2) is 29.3 Å². The number of ether oxygens (including phenoxy) is 2. The Morgan fingerprint density at radius 1 is 0.750 bits per heavy atom. The summed E-state index contributed by atoms with van der Waals surface area (Å²) >= 11 is 0. The third-order valence-electron chi connectivity index (χ3n) is 9.84. The topological polar surface area (TPSA) is 141 Å². The number of carbonyl (C=O) groups excluding carboxylic acids is 2. The van der Waals surface area contributed by atoms with Gasteiger partial charge in [0.25, 0.3) is 0 Å². The van der Waals surface area contributed by atoms with E-state index in [9.17, 15) is 27.6 Å². The average molecular weight is 826 g/mol. The fourth-order valence-electron chi connectivity index (χ4n) is 6.98. The number of hydrogen-bond donors (Lipinski definition) is 0. The Labute approximate surface area is 344 Å². The van der Waals surface area contributed by atoms with Crippen LogP contribution in [0.25, 0.3) is 38.8 Å². The summed E-state index contributed by atoms with van der Waals surface area (Å²) in [7, 11) is 1.57. The minimum Gasteiger partial charge on any atom is -0.443 e. The van der Waals surface area contributed by atoms with Gasteiger partial charge in [0.05, 0.1) is 40.5 Å². The Morgan fingerprint density at radius 3 is 1.95 bits per heavy atom. The standard InChI is InChI=1S/C43H46F3N9O5/c1-26-9-10-29(23-47-26)28-11-13-33-31(19-28)36-35(24-48-33)51(8)38(56)55(36)30-12-14-34(32(20-30)43(44,45)46)52-15-17-53(18-16-52)37-49-21-27(22-50-37)25-54(39(57)59-41(2,3)4)40(58)60-42(5,6)7/h9-14,19-24H,15-18,25H2,1-8H3. The summed E-state index contributed by atoms with van der Waals surface area (Å²) in [5.41, 5.74) is 1.40. The number of rotatable bonds is 6. The molecule has 1 aliphatic heterocycles. The van der Waals surface area contributed by atoms with E-state index >= 15 is 0 Å². The number of amides is 2. The first-order valence-corrected chi connectivity index (χ1v) is 19.4. The lowest BCUT2D eigenvalue weighted by atomic mass is 10.0. The van der Waals surface area contributed by atoms with Crippen LogP contribution in [0.3, 0.4) is 0 Å². The van der Waals surface area contributed by atoms with Gasteiger partial charge in [-0.3, -0.25) is 19.1 Å². The molecule has 1 saturated heterocycles. The number of hydrogen-bond acceptors (Lipinski definition) is 11. The Hall–Kier alpha value is -6.52. The van der Waals surface area contributed by atoms with Crippen molar-refractivity contribution in [3.05, 3.63) is 101 Å². The van der Waals surface area contributed by atoms with Crippen molar-refractivity contribution in [1.82, 2.24) is 34.0 Å². The normalized spacial score (nSPS) is 13.8. The van der Waals surface area contributed by atoms with Crippen molar-refractivity contribution in [2.45, 2.75) is 72.4 Å². The number of imide groups is 1. The zero-order valence-corrected chi connectivity index (χ0v) is 34.7. The number of pyridine rings is 2. The lowest BCUT2D eigenvalue weighted by Crippen LogP contribution is -2.47. The number of aromatic nitrogens is 6. The molecule has 0 radical (unpaired) electrons. The van der Waals surface area contributed by atoms with Crippen LogP contribution in [0.2, 0.25) is 0 Å². The number of nitrogens with zero attached hydrogens (tertiary/aromatic N) is 9. The highest BCUT2D eigenvalue weighted by molar-refractivity contribution is 6.04. The van der Waals surface area contributed by atoms with E-state index in [0.717, 1.165) is 27.8 Å². The van der Waals surface area contributed by atoms with E-state index in [-0.39, 0.29) is 31.0 Å². The number of carbonyl (C=O) groups is 2. The molecule has 4 aromatic heterocycles. The molecule has 2 amide bonds. The van der Waals surface area contributed by atoms with Crippen LogP contribution in [0.4, 0.5) is 34.4 Å². The first-order valence-electron chi connectivity index (χ1n) is 19.4. The molecule has 2 aromatic carbocycles. The predicted molar refractivity (Wildman–Crippen MR) is 221 cm³/mol. The second-order valence-corrected chi connectivity index (χ2v) is 16.7. The predicted octanol–water partition coefficient (Wildman–Crippen LogP) is 8.06. The fraction of sp³-hybridized carbons (Fsp3) is 0.372. The van der Waals surface area contributed by atoms with Crippen molar-refractivity contribution in [2.24, 2.45) is 7.05 Å². The molecule has 0 unspecified atom stereocenters. The molecule has 0 saturated carbocycles. The van der Waals surface area contributed by atoms with Gasteiger partial charge in [-0.2, -0.15) is 13.2 Å². The molecule has 1 fully saturated rings. The van der Waals surface area contributed by atoms with Crippen LogP contribution in [-0.4, -0.2) is 83.5 Å². The summed E-state index contributed by atoms with van der Waals surface area (Å²) in [5.74, 6) is 0.338. The van der Waals surface area contributed by atoms with Crippen molar-refractivity contribution < 1.29 is 32.2 Å². The van der Waals surface area contributed by atoms with Crippen molar-refractivity contribution >= 4 is 45.8 Å². The minimum atomic E-state index is -4.74. The number of alkyl halides is 3. The van der Waals surface area contributed by atoms with Crippen molar-refractivity contribution in [3.8, 4) is 16.8 Å². The van der Waals surface area contributed by atoms with Crippen molar-refractivity contribution in [3.63, 3.8) is 0 Å². The van der Waals surface area contributed by atoms with Gasteiger partial charge in [0.1, 0.15) is 11.2 Å². The molecule has 6 aromatic rings. The van der Waals surface area contributed by atoms with E-state index < -0.39 is 40.8 Å². The van der Waals surface area contributed by atoms with Crippen molar-refractivity contribution in [1.29, 1.82) is 0 Å². The number of aryl methyl sites for hydroxylation is 2. The molecule has 0 spiro atoms. The molecule has 60 heavy (non-hydrogen) atoms. The van der Waals surface area contributed by atoms with Crippen LogP contribution in [-0.2, 0) is 29.2 Å². The molecule has 314 valence electrons. The van der Waals surface area contributed by atoms with Gasteiger partial charge in [-0.15, -0.1) is 0 Å². The van der Waals surface area contributed by atoms with Gasteiger partial charge in [0.15, 0.2) is 0 Å². The zero-order valence-electron chi connectivity index (χ0n) is 34.7. The molecule has 0 aliphatic carbocycles. The maximum atomic E-state index is 14.9. The van der Waals surface area contributed by atoms with Crippen LogP contribution in [0.1, 0.15) is 58.4 Å². The van der Waals surface area contributed by atoms with E-state index in [1.807, 2.05) is 42.2 Å². The molecule has 5 heterocycles. The fourth-order valence-corrected chi connectivity index (χ4v) is 6.98. The SMILES string of the molecule is Cc1ccc(-c2ccc3ncc4c(c3c2)n(-c2ccc(N3CCN(c5ncc(CN(C(=O)OC(C)(C)C)C(=O)OC(C)(C)C)cn5)CC3)c(C(F)(F)F)c2)c(=O)n4C)cn1. The molecule has 7 rings (SSSR count). The van der Waals surface area contributed by atoms with Gasteiger partial charge in [-0.05, 0) is 90.4 Å². The quantitative estimate of drug-likeness (QED) is 0.161. The highest BCUT2D eigenvalue weighted by Crippen LogP contribution is 2.39. The Morgan fingerprint density at radius 2 is 1.37 bits per heavy atom. The second kappa shape index (κ2) is 15.6. The Balaban J connectivity index is 1.13. The summed E-state index contributed by atoms with van der Waals surface area (Å²) in [4.78, 5) is 61.9. The maximum absolute atomic E-state index is 14.9. The smallest absolute Gasteiger partial charge is 0.420 e. The van der Waals surface area contributed by atoms with E-state index in [2.05, 4.69) is 19.9 Å². The van der Waals surface area contributed by atoms with Crippen LogP contribution in [0.15, 0.2) is 78.1 Å². The molecule has 0 N–H and O–H groups in total. The largest absolute Gasteiger partial charge is 0.443 e. The van der Waals surface area contributed by atoms with E-state index in [0.29, 0.717) is 46.5 Å². The van der Waals surface area contributed by atoms with Gasteiger partial charge < -0.3 is 19.3 Å². The van der Waals surface area contributed by atoms with Gasteiger partial charge >= 0.3 is 24.1 Å². The van der Waals surface area contributed by atoms with Gasteiger partial charge in [0, 0.05) is 79.7 Å². The van der Waals surface area contributed by atoms with Crippen LogP contribution in [0, 0.1) is 6.92 Å². The van der Waals surface area contributed by atoms with Crippen LogP contribution in [0.5, 0.6) is 0 Å². The van der Waals surface area contributed by atoms with E-state index in [4.69, 9.17) is 9.47 Å². The summed E-state index contributed by atoms with van der Waals surface area (Å²) in [6.07, 6.45) is -0.248. The van der Waals surface area contributed by atoms with Gasteiger partial charge in [0.2, 0.25) is 5.95 Å². The third kappa shape index (κ3) is 8.74. The maximum Gasteiger partial charge on any atom is 0.420 e. The molecule has 0 atom stereocenters. The highest BCUT2D eigenvalue weighted by atomic mass is 19.4. The highest BCUT2D eigenvalue weighted by Gasteiger charge is 2.37. The first kappa shape index (κ1) is 41.6.